The van der Waals surface area contributed by atoms with E-state index in [1.165, 1.54) is 6.20 Å². The highest BCUT2D eigenvalue weighted by atomic mass is 16.3. The first-order chi connectivity index (χ1) is 13.0. The van der Waals surface area contributed by atoms with E-state index in [9.17, 15) is 15.2 Å². The number of hydrogen-bond donors (Lipinski definition) is 3. The number of carbonyl (C=O) groups is 1. The molecular weight excluding hydrogens is 338 g/mol. The van der Waals surface area contributed by atoms with Gasteiger partial charge in [-0.1, -0.05) is 42.0 Å². The molecule has 0 aliphatic carbocycles. The highest BCUT2D eigenvalue weighted by Gasteiger charge is 2.11. The maximum Gasteiger partial charge on any atom is 0.267 e. The van der Waals surface area contributed by atoms with Crippen LogP contribution in [0.4, 0.5) is 11.4 Å². The summed E-state index contributed by atoms with van der Waals surface area (Å²) >= 11 is 0. The van der Waals surface area contributed by atoms with E-state index >= 15 is 0 Å². The highest BCUT2D eigenvalue weighted by Crippen LogP contribution is 2.29. The topological polar surface area (TPSA) is 85.2 Å². The van der Waals surface area contributed by atoms with Gasteiger partial charge in [0.05, 0.1) is 0 Å². The Morgan fingerprint density at radius 2 is 1.78 bits per heavy atom. The van der Waals surface area contributed by atoms with Gasteiger partial charge in [-0.05, 0) is 37.6 Å². The van der Waals surface area contributed by atoms with Crippen LogP contribution in [0.1, 0.15) is 11.1 Å². The molecule has 27 heavy (non-hydrogen) atoms. The van der Waals surface area contributed by atoms with Crippen molar-refractivity contribution in [1.29, 1.82) is 5.26 Å². The van der Waals surface area contributed by atoms with E-state index in [1.807, 2.05) is 50.2 Å². The molecule has 0 unspecified atom stereocenters. The zero-order chi connectivity index (χ0) is 19.4. The lowest BCUT2D eigenvalue weighted by molar-refractivity contribution is -0.112. The molecule has 3 N–H and O–H groups in total. The molecule has 0 saturated heterocycles. The number of rotatable bonds is 4. The second-order valence-electron chi connectivity index (χ2n) is 6.26. The van der Waals surface area contributed by atoms with Gasteiger partial charge in [-0.2, -0.15) is 5.26 Å². The fourth-order valence-corrected chi connectivity index (χ4v) is 2.86. The number of nitrogens with zero attached hydrogens (tertiary/aromatic N) is 1. The highest BCUT2D eigenvalue weighted by molar-refractivity contribution is 6.07. The lowest BCUT2D eigenvalue weighted by Crippen LogP contribution is -2.15. The quantitative estimate of drug-likeness (QED) is 0.470. The Morgan fingerprint density at radius 1 is 1.04 bits per heavy atom. The van der Waals surface area contributed by atoms with Crippen molar-refractivity contribution in [1.82, 2.24) is 0 Å². The van der Waals surface area contributed by atoms with Crippen molar-refractivity contribution in [3.63, 3.8) is 0 Å². The summed E-state index contributed by atoms with van der Waals surface area (Å²) in [5.41, 5.74) is 3.34. The van der Waals surface area contributed by atoms with Gasteiger partial charge in [0.1, 0.15) is 17.4 Å². The number of aromatic hydroxyl groups is 1. The Kier molecular flexibility index (Phi) is 5.09. The summed E-state index contributed by atoms with van der Waals surface area (Å²) in [6, 6.07) is 18.2. The van der Waals surface area contributed by atoms with E-state index in [0.29, 0.717) is 16.8 Å². The Bertz CT molecular complexity index is 1090. The van der Waals surface area contributed by atoms with Gasteiger partial charge in [0.15, 0.2) is 0 Å². The van der Waals surface area contributed by atoms with Crippen LogP contribution >= 0.6 is 0 Å². The number of phenols is 1. The van der Waals surface area contributed by atoms with Crippen LogP contribution in [0.2, 0.25) is 0 Å². The third kappa shape index (κ3) is 3.91. The molecule has 0 aliphatic rings. The van der Waals surface area contributed by atoms with Gasteiger partial charge in [-0.15, -0.1) is 0 Å². The smallest absolute Gasteiger partial charge is 0.267 e. The van der Waals surface area contributed by atoms with Crippen molar-refractivity contribution < 1.29 is 9.90 Å². The van der Waals surface area contributed by atoms with E-state index in [2.05, 4.69) is 10.6 Å². The Labute approximate surface area is 157 Å². The standard InChI is InChI=1S/C22H19N3O2/c1-14-9-10-19(15(2)11-14)25-22(27)16(12-23)13-24-20-7-3-6-18-17(20)5-4-8-21(18)26/h3-11,13,24,26H,1-2H3,(H,25,27)/b16-13-. The van der Waals surface area contributed by atoms with E-state index in [0.717, 1.165) is 16.5 Å². The van der Waals surface area contributed by atoms with Crippen LogP contribution in [-0.4, -0.2) is 11.0 Å². The molecule has 3 rings (SSSR count). The molecule has 0 atom stereocenters. The van der Waals surface area contributed by atoms with Gasteiger partial charge in [0.2, 0.25) is 0 Å². The van der Waals surface area contributed by atoms with Crippen LogP contribution in [0.15, 0.2) is 66.4 Å². The number of aryl methyl sites for hydroxylation is 2. The third-order valence-corrected chi connectivity index (χ3v) is 4.27. The molecule has 3 aromatic rings. The maximum absolute atomic E-state index is 12.4. The zero-order valence-corrected chi connectivity index (χ0v) is 15.1. The minimum absolute atomic E-state index is 0.0490. The monoisotopic (exact) mass is 357 g/mol. The predicted molar refractivity (Wildman–Crippen MR) is 107 cm³/mol. The van der Waals surface area contributed by atoms with E-state index in [4.69, 9.17) is 0 Å². The molecule has 134 valence electrons. The Balaban J connectivity index is 1.84. The second-order valence-corrected chi connectivity index (χ2v) is 6.26. The number of fused-ring (bicyclic) bond motifs is 1. The first-order valence-electron chi connectivity index (χ1n) is 8.45. The summed E-state index contributed by atoms with van der Waals surface area (Å²) < 4.78 is 0. The van der Waals surface area contributed by atoms with Gasteiger partial charge >= 0.3 is 0 Å². The van der Waals surface area contributed by atoms with Crippen molar-refractivity contribution in [2.24, 2.45) is 0 Å². The summed E-state index contributed by atoms with van der Waals surface area (Å²) in [6.07, 6.45) is 1.37. The number of carbonyl (C=O) groups excluding carboxylic acids is 1. The molecule has 0 aliphatic heterocycles. The van der Waals surface area contributed by atoms with E-state index in [1.54, 1.807) is 24.3 Å². The van der Waals surface area contributed by atoms with Gasteiger partial charge in [0, 0.05) is 28.3 Å². The molecule has 0 bridgehead atoms. The first-order valence-corrected chi connectivity index (χ1v) is 8.45. The maximum atomic E-state index is 12.4. The summed E-state index contributed by atoms with van der Waals surface area (Å²) in [5.74, 6) is -0.312. The van der Waals surface area contributed by atoms with Crippen molar-refractivity contribution in [2.45, 2.75) is 13.8 Å². The number of phenolic OH excluding ortho intramolecular Hbond substituents is 1. The number of anilines is 2. The second kappa shape index (κ2) is 7.63. The van der Waals surface area contributed by atoms with E-state index < -0.39 is 5.91 Å². The Morgan fingerprint density at radius 3 is 2.52 bits per heavy atom. The van der Waals surface area contributed by atoms with Crippen LogP contribution in [0, 0.1) is 25.2 Å². The lowest BCUT2D eigenvalue weighted by Gasteiger charge is -2.10. The molecule has 1 amide bonds. The lowest BCUT2D eigenvalue weighted by atomic mass is 10.1. The molecule has 0 aromatic heterocycles. The molecule has 5 nitrogen and oxygen atoms in total. The number of nitriles is 1. The number of hydrogen-bond acceptors (Lipinski definition) is 4. The van der Waals surface area contributed by atoms with Gasteiger partial charge in [-0.25, -0.2) is 0 Å². The van der Waals surface area contributed by atoms with Crippen LogP contribution < -0.4 is 10.6 Å². The zero-order valence-electron chi connectivity index (χ0n) is 15.1. The summed E-state index contributed by atoms with van der Waals surface area (Å²) in [7, 11) is 0. The van der Waals surface area contributed by atoms with Gasteiger partial charge in [-0.3, -0.25) is 4.79 Å². The van der Waals surface area contributed by atoms with Crippen molar-refractivity contribution in [3.05, 3.63) is 77.5 Å². The van der Waals surface area contributed by atoms with E-state index in [-0.39, 0.29) is 11.3 Å². The molecule has 0 fully saturated rings. The normalized spacial score (nSPS) is 11.1. The molecular formula is C22H19N3O2. The third-order valence-electron chi connectivity index (χ3n) is 4.27. The van der Waals surface area contributed by atoms with Gasteiger partial charge < -0.3 is 15.7 Å². The molecule has 5 heteroatoms. The van der Waals surface area contributed by atoms with Gasteiger partial charge in [0.25, 0.3) is 5.91 Å². The van der Waals surface area contributed by atoms with Crippen LogP contribution in [0.25, 0.3) is 10.8 Å². The number of nitrogens with one attached hydrogen (secondary N) is 2. The fraction of sp³-hybridized carbons (Fsp3) is 0.0909. The van der Waals surface area contributed by atoms with Crippen molar-refractivity contribution in [2.75, 3.05) is 10.6 Å². The number of benzene rings is 3. The SMILES string of the molecule is Cc1ccc(NC(=O)/C(C#N)=C\Nc2cccc3c(O)cccc23)c(C)c1. The van der Waals surface area contributed by atoms with Crippen LogP contribution in [0.5, 0.6) is 5.75 Å². The Hall–Kier alpha value is -3.78. The average Bonchev–Trinajstić information content (AvgIpc) is 2.65. The molecule has 0 heterocycles. The summed E-state index contributed by atoms with van der Waals surface area (Å²) in [5, 5.41) is 26.6. The van der Waals surface area contributed by atoms with Crippen molar-refractivity contribution in [3.8, 4) is 11.8 Å². The fourth-order valence-electron chi connectivity index (χ4n) is 2.86. The molecule has 3 aromatic carbocycles. The largest absolute Gasteiger partial charge is 0.507 e. The minimum atomic E-state index is -0.486. The molecule has 0 spiro atoms. The predicted octanol–water partition coefficient (Wildman–Crippen LogP) is 4.62. The van der Waals surface area contributed by atoms with Crippen LogP contribution in [0.3, 0.4) is 0 Å². The molecule has 0 radical (unpaired) electrons. The average molecular weight is 357 g/mol. The minimum Gasteiger partial charge on any atom is -0.507 e. The van der Waals surface area contributed by atoms with Crippen LogP contribution in [-0.2, 0) is 4.79 Å². The summed E-state index contributed by atoms with van der Waals surface area (Å²) in [6.45, 7) is 3.88. The molecule has 0 saturated carbocycles. The first kappa shape index (κ1) is 18.0. The number of amides is 1. The van der Waals surface area contributed by atoms with Crippen molar-refractivity contribution >= 4 is 28.1 Å². The summed E-state index contributed by atoms with van der Waals surface area (Å²) in [4.78, 5) is 12.4.